The van der Waals surface area contributed by atoms with E-state index in [1.54, 1.807) is 11.3 Å². The molecular formula is C10H13NO2S. The highest BCUT2D eigenvalue weighted by Crippen LogP contribution is 2.10. The Bertz CT molecular complexity index is 306. The first kappa shape index (κ1) is 10.8. The third-order valence-electron chi connectivity index (χ3n) is 1.69. The standard InChI is InChI=1S/C10H13NO2S/c1-8(11-5-4-10(12)13)7-9-3-2-6-14-9/h2-6,8,11H,7H2,1H3,(H,12,13)/b5-4+. The molecule has 0 aliphatic carbocycles. The number of carboxylic acids is 1. The van der Waals surface area contributed by atoms with E-state index < -0.39 is 5.97 Å². The minimum atomic E-state index is -0.930. The summed E-state index contributed by atoms with van der Waals surface area (Å²) in [4.78, 5) is 11.5. The van der Waals surface area contributed by atoms with Crippen molar-refractivity contribution in [3.8, 4) is 0 Å². The smallest absolute Gasteiger partial charge is 0.329 e. The van der Waals surface area contributed by atoms with Crippen LogP contribution in [0.25, 0.3) is 0 Å². The fraction of sp³-hybridized carbons (Fsp3) is 0.300. The van der Waals surface area contributed by atoms with E-state index in [0.29, 0.717) is 0 Å². The summed E-state index contributed by atoms with van der Waals surface area (Å²) in [6.07, 6.45) is 3.49. The third kappa shape index (κ3) is 4.09. The van der Waals surface area contributed by atoms with Gasteiger partial charge >= 0.3 is 5.97 Å². The Kier molecular flexibility index (Phi) is 4.19. The van der Waals surface area contributed by atoms with E-state index in [0.717, 1.165) is 12.5 Å². The summed E-state index contributed by atoms with van der Waals surface area (Å²) < 4.78 is 0. The number of hydrogen-bond acceptors (Lipinski definition) is 3. The molecular weight excluding hydrogens is 198 g/mol. The number of thiophene rings is 1. The van der Waals surface area contributed by atoms with Gasteiger partial charge in [-0.05, 0) is 18.4 Å². The van der Waals surface area contributed by atoms with Crippen LogP contribution in [0, 0.1) is 0 Å². The molecule has 1 atom stereocenters. The van der Waals surface area contributed by atoms with E-state index in [2.05, 4.69) is 11.4 Å². The predicted molar refractivity (Wildman–Crippen MR) is 57.4 cm³/mol. The van der Waals surface area contributed by atoms with Crippen LogP contribution < -0.4 is 5.32 Å². The molecule has 0 aliphatic rings. The number of hydrogen-bond donors (Lipinski definition) is 2. The number of aliphatic carboxylic acids is 1. The average Bonchev–Trinajstić information content (AvgIpc) is 2.56. The summed E-state index contributed by atoms with van der Waals surface area (Å²) in [5, 5.41) is 13.4. The van der Waals surface area contributed by atoms with Crippen molar-refractivity contribution in [2.75, 3.05) is 0 Å². The zero-order valence-corrected chi connectivity index (χ0v) is 8.75. The first-order valence-electron chi connectivity index (χ1n) is 4.36. The third-order valence-corrected chi connectivity index (χ3v) is 2.59. The van der Waals surface area contributed by atoms with Crippen LogP contribution in [0.4, 0.5) is 0 Å². The number of carbonyl (C=O) groups is 1. The Labute approximate surface area is 87.1 Å². The van der Waals surface area contributed by atoms with Crippen molar-refractivity contribution in [1.29, 1.82) is 0 Å². The molecule has 0 aromatic carbocycles. The normalized spacial score (nSPS) is 12.9. The molecule has 1 aromatic heterocycles. The highest BCUT2D eigenvalue weighted by atomic mass is 32.1. The van der Waals surface area contributed by atoms with Crippen LogP contribution in [0.2, 0.25) is 0 Å². The van der Waals surface area contributed by atoms with Gasteiger partial charge in [0, 0.05) is 29.6 Å². The quantitative estimate of drug-likeness (QED) is 0.731. The van der Waals surface area contributed by atoms with Crippen molar-refractivity contribution < 1.29 is 9.90 Å². The lowest BCUT2D eigenvalue weighted by Gasteiger charge is -2.09. The van der Waals surface area contributed by atoms with Crippen LogP contribution in [-0.4, -0.2) is 17.1 Å². The fourth-order valence-electron chi connectivity index (χ4n) is 1.07. The molecule has 2 N–H and O–H groups in total. The van der Waals surface area contributed by atoms with Gasteiger partial charge in [0.05, 0.1) is 0 Å². The molecule has 1 rings (SSSR count). The molecule has 0 fully saturated rings. The monoisotopic (exact) mass is 211 g/mol. The fourth-order valence-corrected chi connectivity index (χ4v) is 1.91. The molecule has 1 heterocycles. The van der Waals surface area contributed by atoms with Gasteiger partial charge < -0.3 is 10.4 Å². The zero-order valence-electron chi connectivity index (χ0n) is 7.93. The second-order valence-corrected chi connectivity index (χ2v) is 4.06. The van der Waals surface area contributed by atoms with Gasteiger partial charge in [0.25, 0.3) is 0 Å². The molecule has 3 nitrogen and oxygen atoms in total. The molecule has 0 saturated carbocycles. The van der Waals surface area contributed by atoms with Gasteiger partial charge in [0.1, 0.15) is 0 Å². The lowest BCUT2D eigenvalue weighted by atomic mass is 10.2. The topological polar surface area (TPSA) is 49.3 Å². The summed E-state index contributed by atoms with van der Waals surface area (Å²) in [7, 11) is 0. The largest absolute Gasteiger partial charge is 0.478 e. The molecule has 0 spiro atoms. The van der Waals surface area contributed by atoms with Crippen molar-refractivity contribution in [3.63, 3.8) is 0 Å². The molecule has 14 heavy (non-hydrogen) atoms. The second-order valence-electron chi connectivity index (χ2n) is 3.02. The van der Waals surface area contributed by atoms with Gasteiger partial charge in [-0.3, -0.25) is 0 Å². The average molecular weight is 211 g/mol. The Hall–Kier alpha value is -1.29. The van der Waals surface area contributed by atoms with Crippen molar-refractivity contribution in [1.82, 2.24) is 5.32 Å². The molecule has 1 aromatic rings. The summed E-state index contributed by atoms with van der Waals surface area (Å²) >= 11 is 1.71. The Morgan fingerprint density at radius 3 is 3.14 bits per heavy atom. The lowest BCUT2D eigenvalue weighted by molar-refractivity contribution is -0.131. The van der Waals surface area contributed by atoms with Crippen LogP contribution in [-0.2, 0) is 11.2 Å². The summed E-state index contributed by atoms with van der Waals surface area (Å²) in [6, 6.07) is 4.34. The van der Waals surface area contributed by atoms with E-state index in [1.165, 1.54) is 11.1 Å². The van der Waals surface area contributed by atoms with Gasteiger partial charge in [-0.15, -0.1) is 11.3 Å². The molecule has 0 amide bonds. The summed E-state index contributed by atoms with van der Waals surface area (Å²) in [6.45, 7) is 2.02. The van der Waals surface area contributed by atoms with Gasteiger partial charge in [-0.1, -0.05) is 6.07 Å². The maximum atomic E-state index is 10.2. The predicted octanol–water partition coefficient (Wildman–Crippen LogP) is 1.87. The van der Waals surface area contributed by atoms with Crippen LogP contribution in [0.15, 0.2) is 29.8 Å². The lowest BCUT2D eigenvalue weighted by Crippen LogP contribution is -2.22. The van der Waals surface area contributed by atoms with Crippen molar-refractivity contribution in [2.24, 2.45) is 0 Å². The zero-order chi connectivity index (χ0) is 10.4. The Balaban J connectivity index is 2.29. The summed E-state index contributed by atoms with van der Waals surface area (Å²) in [5.41, 5.74) is 0. The highest BCUT2D eigenvalue weighted by Gasteiger charge is 2.01. The van der Waals surface area contributed by atoms with E-state index in [-0.39, 0.29) is 6.04 Å². The summed E-state index contributed by atoms with van der Waals surface area (Å²) in [5.74, 6) is -0.930. The van der Waals surface area contributed by atoms with E-state index in [4.69, 9.17) is 5.11 Å². The molecule has 0 saturated heterocycles. The van der Waals surface area contributed by atoms with Crippen LogP contribution >= 0.6 is 11.3 Å². The highest BCUT2D eigenvalue weighted by molar-refractivity contribution is 7.09. The molecule has 0 bridgehead atoms. The van der Waals surface area contributed by atoms with Gasteiger partial charge in [0.2, 0.25) is 0 Å². The van der Waals surface area contributed by atoms with Crippen LogP contribution in [0.1, 0.15) is 11.8 Å². The van der Waals surface area contributed by atoms with E-state index in [9.17, 15) is 4.79 Å². The van der Waals surface area contributed by atoms with E-state index in [1.807, 2.05) is 18.4 Å². The van der Waals surface area contributed by atoms with Crippen LogP contribution in [0.5, 0.6) is 0 Å². The maximum Gasteiger partial charge on any atom is 0.329 e. The molecule has 0 aliphatic heterocycles. The molecule has 1 unspecified atom stereocenters. The molecule has 4 heteroatoms. The van der Waals surface area contributed by atoms with Gasteiger partial charge in [-0.25, -0.2) is 4.79 Å². The number of nitrogens with one attached hydrogen (secondary N) is 1. The van der Waals surface area contributed by atoms with Crippen molar-refractivity contribution >= 4 is 17.3 Å². The second kappa shape index (κ2) is 5.44. The van der Waals surface area contributed by atoms with Gasteiger partial charge in [-0.2, -0.15) is 0 Å². The SMILES string of the molecule is CC(Cc1cccs1)N/C=C/C(=O)O. The molecule has 0 radical (unpaired) electrons. The number of rotatable bonds is 5. The first-order chi connectivity index (χ1) is 6.68. The Morgan fingerprint density at radius 2 is 2.57 bits per heavy atom. The van der Waals surface area contributed by atoms with Gasteiger partial charge in [0.15, 0.2) is 0 Å². The van der Waals surface area contributed by atoms with Crippen molar-refractivity contribution in [3.05, 3.63) is 34.7 Å². The molecule has 76 valence electrons. The first-order valence-corrected chi connectivity index (χ1v) is 5.24. The number of carboxylic acid groups (broad SMARTS) is 1. The minimum absolute atomic E-state index is 0.254. The van der Waals surface area contributed by atoms with E-state index >= 15 is 0 Å². The minimum Gasteiger partial charge on any atom is -0.478 e. The Morgan fingerprint density at radius 1 is 1.79 bits per heavy atom. The maximum absolute atomic E-state index is 10.2. The van der Waals surface area contributed by atoms with Crippen molar-refractivity contribution in [2.45, 2.75) is 19.4 Å². The van der Waals surface area contributed by atoms with Crippen LogP contribution in [0.3, 0.4) is 0 Å².